The fraction of sp³-hybridized carbons (Fsp3) is 0.278. The highest BCUT2D eigenvalue weighted by atomic mass is 79.9. The Bertz CT molecular complexity index is 1910. The smallest absolute Gasteiger partial charge is 0.410 e. The monoisotopic (exact) mass is 952 g/mol. The minimum atomic E-state index is -1.14. The molecule has 4 N–H and O–H groups in total. The summed E-state index contributed by atoms with van der Waals surface area (Å²) in [4.78, 5) is 84.5. The van der Waals surface area contributed by atoms with Crippen molar-refractivity contribution in [2.24, 2.45) is 0 Å². The van der Waals surface area contributed by atoms with Crippen LogP contribution >= 0.6 is 55.1 Å². The Morgan fingerprint density at radius 1 is 0.702 bits per heavy atom. The summed E-state index contributed by atoms with van der Waals surface area (Å²) in [6, 6.07) is 17.4. The lowest BCUT2D eigenvalue weighted by Gasteiger charge is -2.23. The lowest BCUT2D eigenvalue weighted by molar-refractivity contribution is -0.141. The van der Waals surface area contributed by atoms with Gasteiger partial charge in [-0.25, -0.2) is 34.3 Å². The summed E-state index contributed by atoms with van der Waals surface area (Å²) in [7, 11) is 0. The van der Waals surface area contributed by atoms with E-state index in [9.17, 15) is 28.8 Å². The Morgan fingerprint density at radius 2 is 1.11 bits per heavy atom. The highest BCUT2D eigenvalue weighted by Crippen LogP contribution is 2.21. The van der Waals surface area contributed by atoms with E-state index in [1.54, 1.807) is 24.8 Å². The van der Waals surface area contributed by atoms with Crippen molar-refractivity contribution >= 4 is 102 Å². The second-order valence-corrected chi connectivity index (χ2v) is 14.2. The zero-order chi connectivity index (χ0) is 41.7. The van der Waals surface area contributed by atoms with Gasteiger partial charge in [-0.15, -0.1) is 0 Å². The number of amides is 3. The lowest BCUT2D eigenvalue weighted by atomic mass is 10.2. The number of carboxylic acid groups (broad SMARTS) is 1. The standard InChI is InChI=1S/C17H17BrN4O3.C13H15NO4.C4H4BrN3.C2Cl2O2/c18-13-9-19-16(20-10-13)21-15(23)14-7-4-8-22(14)17(24)25-11-12-5-2-1-3-6-12;15-12(16)11-7-4-8-14(11)13(17)18-9-10-5-2-1-3-6-10;5-3-1-7-4(6)8-2-3;3-1(5)2(4)6/h1-3,5-6,9-10,14H,4,7-8,11H2,(H,19,20,21,23);1-3,5-6,11H,4,7-9H2,(H,15,16);1-2H,(H2,6,7,8);/t14-;11-;;/m00../s1. The van der Waals surface area contributed by atoms with Gasteiger partial charge >= 0.3 is 28.6 Å². The molecule has 0 saturated carbocycles. The molecule has 57 heavy (non-hydrogen) atoms. The number of ether oxygens (including phenoxy) is 2. The molecule has 0 spiro atoms. The first-order chi connectivity index (χ1) is 27.2. The minimum Gasteiger partial charge on any atom is -0.480 e. The maximum atomic E-state index is 12.4. The van der Waals surface area contributed by atoms with E-state index in [4.69, 9.17) is 20.3 Å². The van der Waals surface area contributed by atoms with E-state index in [2.05, 4.69) is 80.3 Å². The molecule has 2 aromatic carbocycles. The van der Waals surface area contributed by atoms with Crippen LogP contribution in [0.15, 0.2) is 94.4 Å². The molecule has 2 aliphatic rings. The lowest BCUT2D eigenvalue weighted by Crippen LogP contribution is -2.43. The van der Waals surface area contributed by atoms with Gasteiger partial charge in [0.15, 0.2) is 0 Å². The predicted molar refractivity (Wildman–Crippen MR) is 215 cm³/mol. The number of anilines is 2. The van der Waals surface area contributed by atoms with Gasteiger partial charge in [0.1, 0.15) is 25.3 Å². The molecular formula is C36H36Br2Cl2N8O9. The number of halogens is 4. The van der Waals surface area contributed by atoms with Crippen LogP contribution in [0.3, 0.4) is 0 Å². The van der Waals surface area contributed by atoms with Crippen LogP contribution in [0.2, 0.25) is 0 Å². The number of carbonyl (C=O) groups excluding carboxylic acids is 5. The molecule has 21 heteroatoms. The van der Waals surface area contributed by atoms with Crippen LogP contribution in [0.25, 0.3) is 0 Å². The minimum absolute atomic E-state index is 0.169. The van der Waals surface area contributed by atoms with Crippen molar-refractivity contribution in [1.29, 1.82) is 0 Å². The van der Waals surface area contributed by atoms with Crippen molar-refractivity contribution in [1.82, 2.24) is 29.7 Å². The molecule has 0 unspecified atom stereocenters. The molecule has 0 aliphatic carbocycles. The van der Waals surface area contributed by atoms with Crippen molar-refractivity contribution in [3.05, 3.63) is 106 Å². The number of likely N-dealkylation sites (tertiary alicyclic amines) is 2. The quantitative estimate of drug-likeness (QED) is 0.132. The maximum Gasteiger partial charge on any atom is 0.410 e. The van der Waals surface area contributed by atoms with Crippen molar-refractivity contribution < 1.29 is 43.3 Å². The van der Waals surface area contributed by atoms with Crippen LogP contribution in [0.5, 0.6) is 0 Å². The first kappa shape index (κ1) is 46.1. The van der Waals surface area contributed by atoms with Crippen LogP contribution in [0, 0.1) is 0 Å². The molecule has 2 saturated heterocycles. The third-order valence-corrected chi connectivity index (χ3v) is 8.88. The Labute approximate surface area is 353 Å². The van der Waals surface area contributed by atoms with Crippen molar-refractivity contribution in [2.75, 3.05) is 24.1 Å². The molecule has 3 amide bonds. The molecule has 302 valence electrons. The van der Waals surface area contributed by atoms with E-state index in [0.717, 1.165) is 26.5 Å². The number of aromatic nitrogens is 4. The number of aliphatic carboxylic acids is 1. The highest BCUT2D eigenvalue weighted by Gasteiger charge is 2.36. The maximum absolute atomic E-state index is 12.4. The first-order valence-electron chi connectivity index (χ1n) is 16.8. The van der Waals surface area contributed by atoms with E-state index in [-0.39, 0.29) is 25.1 Å². The highest BCUT2D eigenvalue weighted by molar-refractivity contribution is 9.10. The summed E-state index contributed by atoms with van der Waals surface area (Å²) in [5.74, 6) is -0.772. The van der Waals surface area contributed by atoms with Gasteiger partial charge in [-0.3, -0.25) is 29.5 Å². The summed E-state index contributed by atoms with van der Waals surface area (Å²) in [5, 5.41) is 9.32. The third kappa shape index (κ3) is 16.8. The van der Waals surface area contributed by atoms with Crippen LogP contribution in [0.1, 0.15) is 36.8 Å². The van der Waals surface area contributed by atoms with Gasteiger partial charge in [0, 0.05) is 37.9 Å². The second-order valence-electron chi connectivity index (χ2n) is 11.6. The van der Waals surface area contributed by atoms with E-state index in [0.29, 0.717) is 38.3 Å². The average molecular weight is 955 g/mol. The Kier molecular flexibility index (Phi) is 19.8. The molecular weight excluding hydrogens is 919 g/mol. The largest absolute Gasteiger partial charge is 0.480 e. The van der Waals surface area contributed by atoms with Gasteiger partial charge in [0.25, 0.3) is 0 Å². The molecule has 4 heterocycles. The van der Waals surface area contributed by atoms with Crippen LogP contribution in [-0.2, 0) is 41.9 Å². The fourth-order valence-corrected chi connectivity index (χ4v) is 5.41. The van der Waals surface area contributed by atoms with Gasteiger partial charge in [0.05, 0.1) is 8.95 Å². The molecule has 2 aromatic heterocycles. The third-order valence-electron chi connectivity index (χ3n) is 7.62. The van der Waals surface area contributed by atoms with Gasteiger partial charge in [-0.1, -0.05) is 60.7 Å². The Hall–Kier alpha value is -5.24. The van der Waals surface area contributed by atoms with Crippen molar-refractivity contribution in [2.45, 2.75) is 51.0 Å². The van der Waals surface area contributed by atoms with E-state index >= 15 is 0 Å². The Morgan fingerprint density at radius 3 is 1.51 bits per heavy atom. The van der Waals surface area contributed by atoms with Gasteiger partial charge in [0.2, 0.25) is 17.8 Å². The number of hydrogen-bond donors (Lipinski definition) is 3. The van der Waals surface area contributed by atoms with Crippen LogP contribution < -0.4 is 11.1 Å². The zero-order valence-electron chi connectivity index (χ0n) is 29.9. The second kappa shape index (κ2) is 24.4. The van der Waals surface area contributed by atoms with Crippen molar-refractivity contribution in [3.63, 3.8) is 0 Å². The fourth-order valence-electron chi connectivity index (χ4n) is 5.00. The van der Waals surface area contributed by atoms with Gasteiger partial charge in [-0.05, 0) is 91.9 Å². The molecule has 0 bridgehead atoms. The SMILES string of the molecule is Nc1ncc(Br)cn1.O=C(Cl)C(=O)Cl.O=C(Nc1ncc(Br)cn1)[C@@H]1CCCN1C(=O)OCc1ccccc1.O=C(O)[C@@H]1CCCN1C(=O)OCc1ccccc1. The number of rotatable bonds is 8. The molecule has 2 atom stereocenters. The molecule has 17 nitrogen and oxygen atoms in total. The zero-order valence-corrected chi connectivity index (χ0v) is 34.6. The molecule has 2 fully saturated rings. The molecule has 0 radical (unpaired) electrons. The van der Waals surface area contributed by atoms with Crippen LogP contribution in [-0.4, -0.2) is 94.6 Å². The number of nitrogens with two attached hydrogens (primary N) is 1. The first-order valence-corrected chi connectivity index (χ1v) is 19.2. The van der Waals surface area contributed by atoms with E-state index in [1.807, 2.05) is 60.7 Å². The van der Waals surface area contributed by atoms with E-state index in [1.165, 1.54) is 9.80 Å². The summed E-state index contributed by atoms with van der Waals surface area (Å²) in [6.07, 6.45) is 7.79. The van der Waals surface area contributed by atoms with Crippen molar-refractivity contribution in [3.8, 4) is 0 Å². The number of nitrogens with one attached hydrogen (secondary N) is 1. The number of nitrogen functional groups attached to an aromatic ring is 1. The molecule has 2 aliphatic heterocycles. The summed E-state index contributed by atoms with van der Waals surface area (Å²) >= 11 is 15.4. The summed E-state index contributed by atoms with van der Waals surface area (Å²) < 4.78 is 12.0. The Balaban J connectivity index is 0.000000235. The van der Waals surface area contributed by atoms with Gasteiger partial charge in [-0.2, -0.15) is 0 Å². The summed E-state index contributed by atoms with van der Waals surface area (Å²) in [6.45, 7) is 1.29. The number of nitrogens with zero attached hydrogens (tertiary/aromatic N) is 6. The molecule has 4 aromatic rings. The molecule has 6 rings (SSSR count). The van der Waals surface area contributed by atoms with Crippen LogP contribution in [0.4, 0.5) is 21.5 Å². The van der Waals surface area contributed by atoms with Gasteiger partial charge < -0.3 is 20.3 Å². The predicted octanol–water partition coefficient (Wildman–Crippen LogP) is 6.19. The normalized spacial score (nSPS) is 15.2. The summed E-state index contributed by atoms with van der Waals surface area (Å²) in [5.41, 5.74) is 6.97. The number of carbonyl (C=O) groups is 6. The number of benzene rings is 2. The number of carboxylic acids is 1. The number of hydrogen-bond acceptors (Lipinski definition) is 13. The average Bonchev–Trinajstić information content (AvgIpc) is 3.91. The topological polar surface area (TPSA) is 237 Å². The van der Waals surface area contributed by atoms with E-state index < -0.39 is 40.7 Å².